The third-order valence-electron chi connectivity index (χ3n) is 3.76. The average molecular weight is 225 g/mol. The van der Waals surface area contributed by atoms with Gasteiger partial charge in [-0.2, -0.15) is 0 Å². The van der Waals surface area contributed by atoms with Crippen molar-refractivity contribution in [1.29, 1.82) is 0 Å². The van der Waals surface area contributed by atoms with Gasteiger partial charge in [0.25, 0.3) is 0 Å². The Balaban J connectivity index is 1.76. The van der Waals surface area contributed by atoms with Crippen LogP contribution in [0.25, 0.3) is 0 Å². The fourth-order valence-electron chi connectivity index (χ4n) is 2.22. The van der Waals surface area contributed by atoms with Crippen molar-refractivity contribution in [3.63, 3.8) is 0 Å². The largest absolute Gasteiger partial charge is 0.385 e. The third kappa shape index (κ3) is 3.11. The van der Waals surface area contributed by atoms with Gasteiger partial charge >= 0.3 is 0 Å². The van der Waals surface area contributed by atoms with Gasteiger partial charge in [0, 0.05) is 26.3 Å². The molecule has 92 valence electrons. The second kappa shape index (κ2) is 5.04. The van der Waals surface area contributed by atoms with Crippen molar-refractivity contribution in [1.82, 2.24) is 5.32 Å². The van der Waals surface area contributed by atoms with Gasteiger partial charge in [0.1, 0.15) is 0 Å². The van der Waals surface area contributed by atoms with Gasteiger partial charge < -0.3 is 15.8 Å². The van der Waals surface area contributed by atoms with E-state index in [4.69, 9.17) is 10.5 Å². The number of hydrogen-bond acceptors (Lipinski definition) is 2. The minimum atomic E-state index is 0.381. The number of ether oxygens (including phenoxy) is 1. The molecule has 0 aromatic rings. The van der Waals surface area contributed by atoms with Crippen LogP contribution < -0.4 is 11.1 Å². The summed E-state index contributed by atoms with van der Waals surface area (Å²) in [5.74, 6) is 0.631. The van der Waals surface area contributed by atoms with Crippen molar-refractivity contribution in [2.45, 2.75) is 44.6 Å². The summed E-state index contributed by atoms with van der Waals surface area (Å²) < 4.78 is 5.16. The highest BCUT2D eigenvalue weighted by Crippen LogP contribution is 2.44. The number of nitrogens with zero attached hydrogens (tertiary/aromatic N) is 1. The van der Waals surface area contributed by atoms with E-state index in [-0.39, 0.29) is 0 Å². The van der Waals surface area contributed by atoms with Crippen molar-refractivity contribution < 1.29 is 4.74 Å². The molecular weight excluding hydrogens is 202 g/mol. The molecule has 0 aliphatic heterocycles. The predicted molar refractivity (Wildman–Crippen MR) is 65.4 cm³/mol. The molecule has 16 heavy (non-hydrogen) atoms. The Labute approximate surface area is 97.6 Å². The summed E-state index contributed by atoms with van der Waals surface area (Å²) in [6.45, 7) is 1.70. The van der Waals surface area contributed by atoms with E-state index < -0.39 is 0 Å². The summed E-state index contributed by atoms with van der Waals surface area (Å²) in [4.78, 5) is 4.48. The lowest BCUT2D eigenvalue weighted by Gasteiger charge is -2.40. The standard InChI is InChI=1S/C12H23N3O/c1-16-8-7-12(5-2-6-12)9-14-11(13)15-10-3-4-10/h10H,2-9H2,1H3,(H3,13,14,15). The third-order valence-corrected chi connectivity index (χ3v) is 3.76. The molecule has 0 atom stereocenters. The minimum Gasteiger partial charge on any atom is -0.385 e. The van der Waals surface area contributed by atoms with Gasteiger partial charge in [0.05, 0.1) is 0 Å². The highest BCUT2D eigenvalue weighted by molar-refractivity contribution is 5.78. The van der Waals surface area contributed by atoms with E-state index in [1.807, 2.05) is 0 Å². The molecule has 3 N–H and O–H groups in total. The summed E-state index contributed by atoms with van der Waals surface area (Å²) >= 11 is 0. The fraction of sp³-hybridized carbons (Fsp3) is 0.917. The van der Waals surface area contributed by atoms with Gasteiger partial charge in [-0.25, -0.2) is 0 Å². The fourth-order valence-corrected chi connectivity index (χ4v) is 2.22. The van der Waals surface area contributed by atoms with Crippen LogP contribution in [0.1, 0.15) is 38.5 Å². The first-order valence-electron chi connectivity index (χ1n) is 6.29. The second-order valence-corrected chi connectivity index (χ2v) is 5.22. The molecular formula is C12H23N3O. The maximum atomic E-state index is 5.84. The zero-order valence-electron chi connectivity index (χ0n) is 10.2. The first-order chi connectivity index (χ1) is 7.74. The van der Waals surface area contributed by atoms with Crippen LogP contribution in [-0.4, -0.2) is 32.3 Å². The summed E-state index contributed by atoms with van der Waals surface area (Å²) in [6.07, 6.45) is 7.47. The molecule has 2 aliphatic carbocycles. The molecule has 0 spiro atoms. The van der Waals surface area contributed by atoms with Crippen molar-refractivity contribution in [3.05, 3.63) is 0 Å². The number of methoxy groups -OCH3 is 1. The van der Waals surface area contributed by atoms with Crippen molar-refractivity contribution >= 4 is 5.96 Å². The van der Waals surface area contributed by atoms with E-state index >= 15 is 0 Å². The van der Waals surface area contributed by atoms with Crippen molar-refractivity contribution in [3.8, 4) is 0 Å². The van der Waals surface area contributed by atoms with Gasteiger partial charge in [0.2, 0.25) is 0 Å². The summed E-state index contributed by atoms with van der Waals surface area (Å²) in [5.41, 5.74) is 6.22. The Bertz CT molecular complexity index is 257. The molecule has 2 saturated carbocycles. The van der Waals surface area contributed by atoms with Crippen LogP contribution in [0, 0.1) is 5.41 Å². The topological polar surface area (TPSA) is 59.6 Å². The minimum absolute atomic E-state index is 0.381. The lowest BCUT2D eigenvalue weighted by molar-refractivity contribution is 0.0779. The molecule has 0 aromatic heterocycles. The molecule has 2 aliphatic rings. The van der Waals surface area contributed by atoms with Crippen LogP contribution in [-0.2, 0) is 4.74 Å². The van der Waals surface area contributed by atoms with Gasteiger partial charge in [-0.15, -0.1) is 0 Å². The van der Waals surface area contributed by atoms with Crippen LogP contribution in [0.5, 0.6) is 0 Å². The lowest BCUT2D eigenvalue weighted by atomic mass is 9.67. The van der Waals surface area contributed by atoms with Gasteiger partial charge in [-0.3, -0.25) is 4.99 Å². The van der Waals surface area contributed by atoms with Crippen LogP contribution in [0.15, 0.2) is 4.99 Å². The maximum absolute atomic E-state index is 5.84. The molecule has 4 nitrogen and oxygen atoms in total. The maximum Gasteiger partial charge on any atom is 0.188 e. The lowest BCUT2D eigenvalue weighted by Crippen LogP contribution is -2.38. The highest BCUT2D eigenvalue weighted by Gasteiger charge is 2.36. The highest BCUT2D eigenvalue weighted by atomic mass is 16.5. The van der Waals surface area contributed by atoms with E-state index in [1.165, 1.54) is 32.1 Å². The van der Waals surface area contributed by atoms with Crippen LogP contribution >= 0.6 is 0 Å². The number of rotatable bonds is 6. The number of nitrogens with two attached hydrogens (primary N) is 1. The summed E-state index contributed by atoms with van der Waals surface area (Å²) in [5, 5.41) is 3.23. The number of hydrogen-bond donors (Lipinski definition) is 2. The normalized spacial score (nSPS) is 23.9. The monoisotopic (exact) mass is 225 g/mol. The molecule has 0 bridgehead atoms. The predicted octanol–water partition coefficient (Wildman–Crippen LogP) is 1.26. The SMILES string of the molecule is COCCC1(CN=C(N)NC2CC2)CCC1. The van der Waals surface area contributed by atoms with E-state index in [1.54, 1.807) is 7.11 Å². The Hall–Kier alpha value is -0.770. The molecule has 0 aromatic carbocycles. The number of nitrogens with one attached hydrogen (secondary N) is 1. The van der Waals surface area contributed by atoms with Gasteiger partial charge in [-0.1, -0.05) is 6.42 Å². The van der Waals surface area contributed by atoms with Crippen LogP contribution in [0.3, 0.4) is 0 Å². The molecule has 0 saturated heterocycles. The molecule has 2 fully saturated rings. The number of guanidine groups is 1. The second-order valence-electron chi connectivity index (χ2n) is 5.22. The molecule has 2 rings (SSSR count). The summed E-state index contributed by atoms with van der Waals surface area (Å²) in [7, 11) is 1.76. The number of aliphatic imine (C=N–C) groups is 1. The van der Waals surface area contributed by atoms with E-state index in [0.717, 1.165) is 19.6 Å². The Morgan fingerprint density at radius 2 is 2.25 bits per heavy atom. The molecule has 0 radical (unpaired) electrons. The zero-order valence-corrected chi connectivity index (χ0v) is 10.2. The molecule has 0 unspecified atom stereocenters. The van der Waals surface area contributed by atoms with E-state index in [0.29, 0.717) is 17.4 Å². The summed E-state index contributed by atoms with van der Waals surface area (Å²) in [6, 6.07) is 0.597. The Morgan fingerprint density at radius 3 is 2.75 bits per heavy atom. The average Bonchev–Trinajstić information content (AvgIpc) is 3.00. The first-order valence-corrected chi connectivity index (χ1v) is 6.29. The van der Waals surface area contributed by atoms with Crippen molar-refractivity contribution in [2.24, 2.45) is 16.1 Å². The zero-order chi connectivity index (χ0) is 11.4. The van der Waals surface area contributed by atoms with E-state index in [9.17, 15) is 0 Å². The van der Waals surface area contributed by atoms with E-state index in [2.05, 4.69) is 10.3 Å². The molecule has 0 heterocycles. The van der Waals surface area contributed by atoms with Gasteiger partial charge in [-0.05, 0) is 37.5 Å². The Kier molecular flexibility index (Phi) is 3.69. The smallest absolute Gasteiger partial charge is 0.188 e. The van der Waals surface area contributed by atoms with Gasteiger partial charge in [0.15, 0.2) is 5.96 Å². The van der Waals surface area contributed by atoms with Crippen LogP contribution in [0.2, 0.25) is 0 Å². The molecule has 0 amide bonds. The first kappa shape index (κ1) is 11.7. The van der Waals surface area contributed by atoms with Crippen molar-refractivity contribution in [2.75, 3.05) is 20.3 Å². The molecule has 4 heteroatoms. The quantitative estimate of drug-likeness (QED) is 0.528. The van der Waals surface area contributed by atoms with Crippen LogP contribution in [0.4, 0.5) is 0 Å². The Morgan fingerprint density at radius 1 is 1.50 bits per heavy atom.